The van der Waals surface area contributed by atoms with Crippen molar-refractivity contribution < 1.29 is 14.4 Å². The van der Waals surface area contributed by atoms with Crippen molar-refractivity contribution in [3.05, 3.63) is 89.2 Å². The topological polar surface area (TPSA) is 123 Å². The van der Waals surface area contributed by atoms with E-state index >= 15 is 0 Å². The molecule has 1 N–H and O–H groups in total. The molecule has 11 heteroatoms. The van der Waals surface area contributed by atoms with E-state index in [9.17, 15) is 14.4 Å². The second-order valence-electron chi connectivity index (χ2n) is 14.2. The molecule has 1 aromatic carbocycles. The molecule has 2 unspecified atom stereocenters. The number of carbonyl (C=O) groups excluding carboxylic acids is 3. The molecular weight excluding hydrogens is 706 g/mol. The van der Waals surface area contributed by atoms with E-state index in [2.05, 4.69) is 69.3 Å². The van der Waals surface area contributed by atoms with Gasteiger partial charge in [0.25, 0.3) is 0 Å². The van der Waals surface area contributed by atoms with Gasteiger partial charge in [-0.25, -0.2) is 15.0 Å². The first-order chi connectivity index (χ1) is 24.5. The lowest BCUT2D eigenvalue weighted by Gasteiger charge is -2.28. The summed E-state index contributed by atoms with van der Waals surface area (Å²) in [6, 6.07) is 7.07. The number of halogens is 1. The summed E-state index contributed by atoms with van der Waals surface area (Å²) in [5.41, 5.74) is 4.52. The maximum absolute atomic E-state index is 14.5. The van der Waals surface area contributed by atoms with Gasteiger partial charge in [-0.15, -0.1) is 13.2 Å². The van der Waals surface area contributed by atoms with Gasteiger partial charge >= 0.3 is 0 Å². The number of hydrogen-bond acceptors (Lipinski definition) is 7. The maximum atomic E-state index is 14.5. The minimum Gasteiger partial charge on any atom is -0.325 e. The van der Waals surface area contributed by atoms with Crippen LogP contribution >= 0.6 is 15.9 Å². The number of rotatable bonds is 15. The number of aryl methyl sites for hydroxylation is 2. The summed E-state index contributed by atoms with van der Waals surface area (Å²) in [6.45, 7) is 15.2. The molecule has 0 bridgehead atoms. The number of ketones is 1. The Kier molecular flexibility index (Phi) is 10.7. The lowest BCUT2D eigenvalue weighted by molar-refractivity contribution is -0.138. The number of pyridine rings is 1. The van der Waals surface area contributed by atoms with Gasteiger partial charge in [0.05, 0.1) is 5.52 Å². The quantitative estimate of drug-likeness (QED) is 0.0569. The Bertz CT molecular complexity index is 2010. The third kappa shape index (κ3) is 7.31. The van der Waals surface area contributed by atoms with Crippen molar-refractivity contribution in [3.8, 4) is 11.1 Å². The standard InChI is InChI=1S/C40H46BrN7O3/c1-7-9-10-11-12-13-15-28-18-29(30-21-42-26(5)43-22-30)19-31-35(25(4)49)46-47(36(28)31)23-34(50)48-32(20-40(6)24(3)37(40)48)39(51)45-38-27(14-8-2)16-17-33(41)44-38/h7-8,16-19,21-22,24,32,37H,1-2,9-15,20,23H2,3-6H3,(H,44,45,51)/t24?,32-,37?,40-/m0/s1. The van der Waals surface area contributed by atoms with Gasteiger partial charge in [-0.05, 0) is 108 Å². The molecule has 1 aliphatic heterocycles. The monoisotopic (exact) mass is 751 g/mol. The minimum absolute atomic E-state index is 0.0684. The zero-order valence-electron chi connectivity index (χ0n) is 29.9. The van der Waals surface area contributed by atoms with Gasteiger partial charge < -0.3 is 10.2 Å². The third-order valence-corrected chi connectivity index (χ3v) is 11.2. The summed E-state index contributed by atoms with van der Waals surface area (Å²) in [5, 5.41) is 8.50. The van der Waals surface area contributed by atoms with Crippen LogP contribution in [0.3, 0.4) is 0 Å². The van der Waals surface area contributed by atoms with Crippen LogP contribution in [0.4, 0.5) is 5.82 Å². The molecule has 4 atom stereocenters. The van der Waals surface area contributed by atoms with Gasteiger partial charge in [0.15, 0.2) is 5.78 Å². The van der Waals surface area contributed by atoms with Crippen molar-refractivity contribution >= 4 is 50.2 Å². The molecule has 1 saturated heterocycles. The number of Topliss-reactive ketones (excluding diaryl/α,β-unsaturated/α-hetero) is 1. The Morgan fingerprint density at radius 1 is 1.04 bits per heavy atom. The summed E-state index contributed by atoms with van der Waals surface area (Å²) in [4.78, 5) is 56.6. The average Bonchev–Trinajstić information content (AvgIpc) is 3.36. The van der Waals surface area contributed by atoms with E-state index in [1.807, 2.05) is 31.2 Å². The molecule has 3 aromatic heterocycles. The molecule has 2 aliphatic rings. The number of aromatic nitrogens is 5. The first kappa shape index (κ1) is 36.3. The van der Waals surface area contributed by atoms with E-state index in [0.717, 1.165) is 66.3 Å². The van der Waals surface area contributed by atoms with Crippen LogP contribution in [0.2, 0.25) is 0 Å². The summed E-state index contributed by atoms with van der Waals surface area (Å²) in [5.74, 6) is 0.731. The van der Waals surface area contributed by atoms with Crippen molar-refractivity contribution in [3.63, 3.8) is 0 Å². The van der Waals surface area contributed by atoms with Crippen molar-refractivity contribution in [2.75, 3.05) is 5.32 Å². The van der Waals surface area contributed by atoms with E-state index in [4.69, 9.17) is 5.10 Å². The fourth-order valence-corrected chi connectivity index (χ4v) is 8.14. The van der Waals surface area contributed by atoms with Crippen LogP contribution < -0.4 is 5.32 Å². The van der Waals surface area contributed by atoms with E-state index in [1.54, 1.807) is 28.1 Å². The van der Waals surface area contributed by atoms with Crippen LogP contribution in [0.1, 0.15) is 86.7 Å². The molecule has 4 heterocycles. The number of hydrogen-bond donors (Lipinski definition) is 1. The molecule has 0 radical (unpaired) electrons. The smallest absolute Gasteiger partial charge is 0.248 e. The van der Waals surface area contributed by atoms with E-state index < -0.39 is 6.04 Å². The van der Waals surface area contributed by atoms with Crippen LogP contribution in [0, 0.1) is 18.3 Å². The van der Waals surface area contributed by atoms with Crippen LogP contribution in [0.5, 0.6) is 0 Å². The highest BCUT2D eigenvalue weighted by atomic mass is 79.9. The molecule has 1 aliphatic carbocycles. The second kappa shape index (κ2) is 15.0. The Hall–Kier alpha value is -4.51. The van der Waals surface area contributed by atoms with Gasteiger partial charge in [-0.2, -0.15) is 5.10 Å². The molecule has 1 saturated carbocycles. The molecule has 51 heavy (non-hydrogen) atoms. The van der Waals surface area contributed by atoms with Crippen LogP contribution in [0.25, 0.3) is 22.0 Å². The highest BCUT2D eigenvalue weighted by Gasteiger charge is 2.70. The molecule has 2 amide bonds. The largest absolute Gasteiger partial charge is 0.325 e. The van der Waals surface area contributed by atoms with Gasteiger partial charge in [0, 0.05) is 36.3 Å². The zero-order valence-corrected chi connectivity index (χ0v) is 31.5. The van der Waals surface area contributed by atoms with Gasteiger partial charge in [0.1, 0.15) is 34.5 Å². The normalized spacial score (nSPS) is 20.6. The number of nitrogens with zero attached hydrogens (tertiary/aromatic N) is 6. The number of carbonyl (C=O) groups is 3. The predicted octanol–water partition coefficient (Wildman–Crippen LogP) is 7.83. The number of allylic oxidation sites excluding steroid dienone is 2. The van der Waals surface area contributed by atoms with Crippen molar-refractivity contribution in [2.24, 2.45) is 11.3 Å². The van der Waals surface area contributed by atoms with Gasteiger partial charge in [-0.3, -0.25) is 19.1 Å². The van der Waals surface area contributed by atoms with E-state index in [0.29, 0.717) is 40.2 Å². The molecular formula is C40H46BrN7O3. The number of piperidine rings is 1. The first-order valence-corrected chi connectivity index (χ1v) is 18.6. The lowest BCUT2D eigenvalue weighted by Crippen LogP contribution is -2.47. The molecule has 2 fully saturated rings. The molecule has 10 nitrogen and oxygen atoms in total. The Morgan fingerprint density at radius 2 is 1.78 bits per heavy atom. The zero-order chi connectivity index (χ0) is 36.4. The average molecular weight is 753 g/mol. The predicted molar refractivity (Wildman–Crippen MR) is 203 cm³/mol. The molecule has 0 spiro atoms. The minimum atomic E-state index is -0.668. The first-order valence-electron chi connectivity index (χ1n) is 17.8. The summed E-state index contributed by atoms with van der Waals surface area (Å²) < 4.78 is 2.29. The highest BCUT2D eigenvalue weighted by Crippen LogP contribution is 2.64. The fourth-order valence-electron chi connectivity index (χ4n) is 7.83. The molecule has 6 rings (SSSR count). The fraction of sp³-hybridized carbons (Fsp3) is 0.425. The maximum Gasteiger partial charge on any atom is 0.248 e. The summed E-state index contributed by atoms with van der Waals surface area (Å²) in [7, 11) is 0. The van der Waals surface area contributed by atoms with Crippen LogP contribution in [-0.4, -0.2) is 59.3 Å². The third-order valence-electron chi connectivity index (χ3n) is 10.8. The summed E-state index contributed by atoms with van der Waals surface area (Å²) in [6.07, 6.45) is 14.3. The molecule has 4 aromatic rings. The van der Waals surface area contributed by atoms with Crippen molar-refractivity contribution in [2.45, 2.75) is 97.7 Å². The van der Waals surface area contributed by atoms with Crippen LogP contribution in [-0.2, 0) is 29.0 Å². The number of likely N-dealkylation sites (tertiary alicyclic amines) is 1. The number of fused-ring (bicyclic) bond motifs is 2. The van der Waals surface area contributed by atoms with Crippen molar-refractivity contribution in [1.29, 1.82) is 0 Å². The number of anilines is 1. The number of benzene rings is 1. The number of unbranched alkanes of at least 4 members (excludes halogenated alkanes) is 4. The Balaban J connectivity index is 1.34. The van der Waals surface area contributed by atoms with E-state index in [1.165, 1.54) is 6.92 Å². The van der Waals surface area contributed by atoms with Crippen molar-refractivity contribution in [1.82, 2.24) is 29.6 Å². The molecule has 266 valence electrons. The van der Waals surface area contributed by atoms with Crippen LogP contribution in [0.15, 0.2) is 66.6 Å². The number of amides is 2. The SMILES string of the molecule is C=CCCCCCCc1cc(-c2cnc(C)nc2)cc2c(C(C)=O)nn(CC(=O)N3C4C(C)[C@]4(C)C[C@H]3C(=O)Nc3nc(Br)ccc3CC=C)c12. The van der Waals surface area contributed by atoms with Gasteiger partial charge in [-0.1, -0.05) is 44.9 Å². The Morgan fingerprint density at radius 3 is 2.49 bits per heavy atom. The lowest BCUT2D eigenvalue weighted by atomic mass is 9.96. The van der Waals surface area contributed by atoms with E-state index in [-0.39, 0.29) is 41.5 Å². The second-order valence-corrected chi connectivity index (χ2v) is 15.1. The summed E-state index contributed by atoms with van der Waals surface area (Å²) >= 11 is 3.42. The number of nitrogens with one attached hydrogen (secondary N) is 1. The highest BCUT2D eigenvalue weighted by molar-refractivity contribution is 9.10. The Labute approximate surface area is 308 Å². The van der Waals surface area contributed by atoms with Gasteiger partial charge in [0.2, 0.25) is 11.8 Å².